The van der Waals surface area contributed by atoms with Crippen molar-refractivity contribution in [2.45, 2.75) is 57.5 Å². The second kappa shape index (κ2) is 7.42. The maximum absolute atomic E-state index is 12.7. The molecule has 0 saturated carbocycles. The molecule has 1 aliphatic rings. The van der Waals surface area contributed by atoms with Gasteiger partial charge in [0.25, 0.3) is 0 Å². The topological polar surface area (TPSA) is 54.3 Å². The minimum absolute atomic E-state index is 0.444. The molecule has 1 aliphatic heterocycles. The van der Waals surface area contributed by atoms with Gasteiger partial charge in [0.15, 0.2) is 0 Å². The van der Waals surface area contributed by atoms with Gasteiger partial charge in [0.05, 0.1) is 0 Å². The zero-order valence-corrected chi connectivity index (χ0v) is 14.0. The van der Waals surface area contributed by atoms with Gasteiger partial charge in [-0.3, -0.25) is 0 Å². The molecule has 0 aromatic carbocycles. The number of rotatable bonds is 7. The van der Waals surface area contributed by atoms with Gasteiger partial charge in [-0.15, -0.1) is 0 Å². The number of sulfonamides is 1. The number of hydrogen-bond acceptors (Lipinski definition) is 3. The third-order valence-corrected chi connectivity index (χ3v) is 5.85. The Hall–Kier alpha value is -0.850. The molecular weight excluding hydrogens is 286 g/mol. The van der Waals surface area contributed by atoms with E-state index in [0.29, 0.717) is 18.0 Å². The highest BCUT2D eigenvalue weighted by molar-refractivity contribution is 7.89. The summed E-state index contributed by atoms with van der Waals surface area (Å²) in [5.41, 5.74) is 1.04. The van der Waals surface area contributed by atoms with E-state index in [4.69, 9.17) is 0 Å². The van der Waals surface area contributed by atoms with Crippen LogP contribution in [0.25, 0.3) is 0 Å². The lowest BCUT2D eigenvalue weighted by atomic mass is 10.2. The SMILES string of the molecule is CCCNCc1cc(S(=O)(=O)N2CCCCC2)cn1CC. The van der Waals surface area contributed by atoms with Crippen molar-refractivity contribution in [1.29, 1.82) is 0 Å². The third kappa shape index (κ3) is 3.87. The van der Waals surface area contributed by atoms with Gasteiger partial charge in [0, 0.05) is 38.1 Å². The van der Waals surface area contributed by atoms with E-state index in [1.807, 2.05) is 17.6 Å². The number of aryl methyl sites for hydroxylation is 1. The zero-order valence-electron chi connectivity index (χ0n) is 13.1. The lowest BCUT2D eigenvalue weighted by Crippen LogP contribution is -2.35. The fourth-order valence-corrected chi connectivity index (χ4v) is 4.34. The summed E-state index contributed by atoms with van der Waals surface area (Å²) < 4.78 is 29.0. The Morgan fingerprint density at radius 3 is 2.52 bits per heavy atom. The largest absolute Gasteiger partial charge is 0.349 e. The van der Waals surface area contributed by atoms with E-state index in [1.165, 1.54) is 0 Å². The average Bonchev–Trinajstić information content (AvgIpc) is 2.92. The average molecular weight is 313 g/mol. The first-order valence-corrected chi connectivity index (χ1v) is 9.43. The van der Waals surface area contributed by atoms with Crippen molar-refractivity contribution in [2.75, 3.05) is 19.6 Å². The highest BCUT2D eigenvalue weighted by Crippen LogP contribution is 2.22. The van der Waals surface area contributed by atoms with Crippen LogP contribution in [-0.2, 0) is 23.1 Å². The number of nitrogens with one attached hydrogen (secondary N) is 1. The predicted molar refractivity (Wildman–Crippen MR) is 84.7 cm³/mol. The van der Waals surface area contributed by atoms with Gasteiger partial charge >= 0.3 is 0 Å². The Bertz CT molecular complexity index is 545. The molecule has 0 bridgehead atoms. The van der Waals surface area contributed by atoms with Gasteiger partial charge in [-0.2, -0.15) is 4.31 Å². The molecule has 0 atom stereocenters. The van der Waals surface area contributed by atoms with Crippen molar-refractivity contribution in [2.24, 2.45) is 0 Å². The first-order chi connectivity index (χ1) is 10.1. The minimum Gasteiger partial charge on any atom is -0.349 e. The molecule has 2 heterocycles. The summed E-state index contributed by atoms with van der Waals surface area (Å²) >= 11 is 0. The van der Waals surface area contributed by atoms with Gasteiger partial charge in [-0.25, -0.2) is 8.42 Å². The van der Waals surface area contributed by atoms with Crippen molar-refractivity contribution in [3.63, 3.8) is 0 Å². The van der Waals surface area contributed by atoms with Crippen LogP contribution in [0.3, 0.4) is 0 Å². The van der Waals surface area contributed by atoms with E-state index >= 15 is 0 Å². The Morgan fingerprint density at radius 2 is 1.90 bits per heavy atom. The summed E-state index contributed by atoms with van der Waals surface area (Å²) in [6.07, 6.45) is 5.93. The number of piperidine rings is 1. The molecule has 0 radical (unpaired) electrons. The smallest absolute Gasteiger partial charge is 0.244 e. The van der Waals surface area contributed by atoms with Crippen LogP contribution in [0.5, 0.6) is 0 Å². The quantitative estimate of drug-likeness (QED) is 0.785. The maximum Gasteiger partial charge on any atom is 0.244 e. The summed E-state index contributed by atoms with van der Waals surface area (Å²) in [6.45, 7) is 7.93. The molecule has 1 aromatic rings. The Balaban J connectivity index is 2.18. The summed E-state index contributed by atoms with van der Waals surface area (Å²) in [5.74, 6) is 0. The van der Waals surface area contributed by atoms with Gasteiger partial charge in [-0.1, -0.05) is 13.3 Å². The molecule has 120 valence electrons. The maximum atomic E-state index is 12.7. The fraction of sp³-hybridized carbons (Fsp3) is 0.733. The number of nitrogens with zero attached hydrogens (tertiary/aromatic N) is 2. The van der Waals surface area contributed by atoms with Crippen molar-refractivity contribution in [3.8, 4) is 0 Å². The molecular formula is C15H27N3O2S. The van der Waals surface area contributed by atoms with Gasteiger partial charge in [0.1, 0.15) is 4.90 Å². The monoisotopic (exact) mass is 313 g/mol. The van der Waals surface area contributed by atoms with Crippen molar-refractivity contribution >= 4 is 10.0 Å². The Morgan fingerprint density at radius 1 is 1.19 bits per heavy atom. The van der Waals surface area contributed by atoms with Crippen molar-refractivity contribution < 1.29 is 8.42 Å². The second-order valence-electron chi connectivity index (χ2n) is 5.59. The standard InChI is InChI=1S/C15H27N3O2S/c1-3-8-16-12-14-11-15(13-17(14)4-2)21(19,20)18-9-6-5-7-10-18/h11,13,16H,3-10,12H2,1-2H3. The molecule has 5 nitrogen and oxygen atoms in total. The summed E-state index contributed by atoms with van der Waals surface area (Å²) in [4.78, 5) is 0.444. The predicted octanol–water partition coefficient (Wildman–Crippen LogP) is 2.18. The van der Waals surface area contributed by atoms with E-state index in [1.54, 1.807) is 10.5 Å². The Labute approximate surface area is 128 Å². The summed E-state index contributed by atoms with van der Waals surface area (Å²) in [6, 6.07) is 1.83. The van der Waals surface area contributed by atoms with E-state index in [9.17, 15) is 8.42 Å². The normalized spacial score (nSPS) is 17.2. The van der Waals surface area contributed by atoms with E-state index in [0.717, 1.165) is 51.0 Å². The van der Waals surface area contributed by atoms with Crippen LogP contribution in [0.4, 0.5) is 0 Å². The van der Waals surface area contributed by atoms with Crippen LogP contribution in [0.2, 0.25) is 0 Å². The van der Waals surface area contributed by atoms with Crippen LogP contribution in [0.1, 0.15) is 45.2 Å². The first kappa shape index (κ1) is 16.5. The molecule has 1 N–H and O–H groups in total. The summed E-state index contributed by atoms with van der Waals surface area (Å²) in [5, 5.41) is 3.34. The minimum atomic E-state index is -3.32. The van der Waals surface area contributed by atoms with Crippen molar-refractivity contribution in [1.82, 2.24) is 14.2 Å². The highest BCUT2D eigenvalue weighted by Gasteiger charge is 2.27. The molecule has 0 unspecified atom stereocenters. The van der Waals surface area contributed by atoms with Crippen LogP contribution in [-0.4, -0.2) is 36.9 Å². The Kier molecular flexibility index (Phi) is 5.84. The van der Waals surface area contributed by atoms with Crippen LogP contribution in [0, 0.1) is 0 Å². The molecule has 1 fully saturated rings. The first-order valence-electron chi connectivity index (χ1n) is 7.99. The van der Waals surface area contributed by atoms with Crippen LogP contribution >= 0.6 is 0 Å². The van der Waals surface area contributed by atoms with Gasteiger partial charge in [-0.05, 0) is 38.8 Å². The van der Waals surface area contributed by atoms with Crippen LogP contribution in [0.15, 0.2) is 17.2 Å². The highest BCUT2D eigenvalue weighted by atomic mass is 32.2. The molecule has 2 rings (SSSR count). The molecule has 6 heteroatoms. The van der Waals surface area contributed by atoms with Gasteiger partial charge < -0.3 is 9.88 Å². The van der Waals surface area contributed by atoms with E-state index in [-0.39, 0.29) is 0 Å². The molecule has 21 heavy (non-hydrogen) atoms. The van der Waals surface area contributed by atoms with Crippen LogP contribution < -0.4 is 5.32 Å². The number of hydrogen-bond donors (Lipinski definition) is 1. The number of aromatic nitrogens is 1. The molecule has 1 saturated heterocycles. The third-order valence-electron chi connectivity index (χ3n) is 3.99. The summed E-state index contributed by atoms with van der Waals surface area (Å²) in [7, 11) is -3.32. The van der Waals surface area contributed by atoms with E-state index < -0.39 is 10.0 Å². The lowest BCUT2D eigenvalue weighted by Gasteiger charge is -2.25. The molecule has 1 aromatic heterocycles. The zero-order chi connectivity index (χ0) is 15.3. The fourth-order valence-electron chi connectivity index (χ4n) is 2.76. The lowest BCUT2D eigenvalue weighted by molar-refractivity contribution is 0.346. The van der Waals surface area contributed by atoms with Gasteiger partial charge in [0.2, 0.25) is 10.0 Å². The molecule has 0 spiro atoms. The second-order valence-corrected chi connectivity index (χ2v) is 7.53. The molecule has 0 amide bonds. The van der Waals surface area contributed by atoms with E-state index in [2.05, 4.69) is 12.2 Å². The van der Waals surface area contributed by atoms with Crippen molar-refractivity contribution in [3.05, 3.63) is 18.0 Å². The molecule has 0 aliphatic carbocycles.